The highest BCUT2D eigenvalue weighted by Gasteiger charge is 2.20. The Hall–Kier alpha value is -2.50. The number of nitrogens with zero attached hydrogens (tertiary/aromatic N) is 1. The maximum atomic E-state index is 12.3. The van der Waals surface area contributed by atoms with Gasteiger partial charge in [-0.3, -0.25) is 9.59 Å². The molecule has 2 aromatic rings. The van der Waals surface area contributed by atoms with Gasteiger partial charge < -0.3 is 18.5 Å². The van der Waals surface area contributed by atoms with Crippen molar-refractivity contribution in [2.24, 2.45) is 0 Å². The van der Waals surface area contributed by atoms with Crippen LogP contribution in [0.15, 0.2) is 45.6 Å². The molecular weight excluding hydrogens is 274 g/mol. The minimum absolute atomic E-state index is 0.126. The van der Waals surface area contributed by atoms with Crippen LogP contribution >= 0.6 is 0 Å². The summed E-state index contributed by atoms with van der Waals surface area (Å²) in [6.45, 7) is 2.57. The quantitative estimate of drug-likeness (QED) is 0.733. The summed E-state index contributed by atoms with van der Waals surface area (Å²) in [4.78, 5) is 25.3. The zero-order chi connectivity index (χ0) is 15.1. The zero-order valence-corrected chi connectivity index (χ0v) is 11.8. The first-order chi connectivity index (χ1) is 10.2. The SMILES string of the molecule is CCOC(=O)CCN(Cc1ccco1)C(=O)c1ccco1. The van der Waals surface area contributed by atoms with Crippen LogP contribution in [0.25, 0.3) is 0 Å². The van der Waals surface area contributed by atoms with Gasteiger partial charge in [-0.1, -0.05) is 0 Å². The molecule has 21 heavy (non-hydrogen) atoms. The number of furan rings is 2. The van der Waals surface area contributed by atoms with Crippen LogP contribution in [0.4, 0.5) is 0 Å². The summed E-state index contributed by atoms with van der Waals surface area (Å²) < 4.78 is 15.2. The summed E-state index contributed by atoms with van der Waals surface area (Å²) in [7, 11) is 0. The molecule has 0 saturated carbocycles. The third-order valence-electron chi connectivity index (χ3n) is 2.84. The van der Waals surface area contributed by atoms with E-state index in [1.54, 1.807) is 31.2 Å². The molecule has 0 fully saturated rings. The molecule has 1 amide bonds. The van der Waals surface area contributed by atoms with E-state index >= 15 is 0 Å². The molecule has 112 valence electrons. The molecule has 0 spiro atoms. The van der Waals surface area contributed by atoms with Crippen LogP contribution in [-0.2, 0) is 16.1 Å². The Morgan fingerprint density at radius 2 is 1.95 bits per heavy atom. The number of esters is 1. The third kappa shape index (κ3) is 4.24. The van der Waals surface area contributed by atoms with Crippen molar-refractivity contribution >= 4 is 11.9 Å². The fraction of sp³-hybridized carbons (Fsp3) is 0.333. The number of ether oxygens (including phenoxy) is 1. The van der Waals surface area contributed by atoms with E-state index in [0.717, 1.165) is 0 Å². The van der Waals surface area contributed by atoms with Crippen LogP contribution in [-0.4, -0.2) is 29.9 Å². The molecule has 0 aliphatic heterocycles. The Labute approximate surface area is 122 Å². The van der Waals surface area contributed by atoms with Crippen molar-refractivity contribution in [3.05, 3.63) is 48.3 Å². The van der Waals surface area contributed by atoms with Crippen molar-refractivity contribution in [1.82, 2.24) is 4.90 Å². The molecule has 0 saturated heterocycles. The van der Waals surface area contributed by atoms with E-state index in [4.69, 9.17) is 13.6 Å². The van der Waals surface area contributed by atoms with Crippen LogP contribution in [0.5, 0.6) is 0 Å². The van der Waals surface area contributed by atoms with E-state index in [1.165, 1.54) is 17.4 Å². The first kappa shape index (κ1) is 14.9. The fourth-order valence-electron chi connectivity index (χ4n) is 1.86. The van der Waals surface area contributed by atoms with Gasteiger partial charge in [0, 0.05) is 6.54 Å². The predicted octanol–water partition coefficient (Wildman–Crippen LogP) is 2.47. The molecule has 0 unspecified atom stereocenters. The highest BCUT2D eigenvalue weighted by molar-refractivity contribution is 5.91. The number of amides is 1. The third-order valence-corrected chi connectivity index (χ3v) is 2.84. The van der Waals surface area contributed by atoms with Crippen molar-refractivity contribution in [1.29, 1.82) is 0 Å². The summed E-state index contributed by atoms with van der Waals surface area (Å²) in [5.41, 5.74) is 0. The van der Waals surface area contributed by atoms with E-state index in [1.807, 2.05) is 0 Å². The van der Waals surface area contributed by atoms with Gasteiger partial charge in [-0.15, -0.1) is 0 Å². The van der Waals surface area contributed by atoms with E-state index < -0.39 is 0 Å². The number of carbonyl (C=O) groups is 2. The maximum Gasteiger partial charge on any atom is 0.307 e. The van der Waals surface area contributed by atoms with E-state index in [0.29, 0.717) is 12.4 Å². The summed E-state index contributed by atoms with van der Waals surface area (Å²) in [6.07, 6.45) is 3.10. The standard InChI is InChI=1S/C15H17NO5/c1-2-19-14(17)7-8-16(11-12-5-3-9-20-12)15(18)13-6-4-10-21-13/h3-6,9-10H,2,7-8,11H2,1H3. The van der Waals surface area contributed by atoms with Gasteiger partial charge in [-0.2, -0.15) is 0 Å². The lowest BCUT2D eigenvalue weighted by Gasteiger charge is -2.20. The molecule has 2 heterocycles. The van der Waals surface area contributed by atoms with Gasteiger partial charge in [-0.05, 0) is 31.2 Å². The summed E-state index contributed by atoms with van der Waals surface area (Å²) >= 11 is 0. The Morgan fingerprint density at radius 1 is 1.19 bits per heavy atom. The van der Waals surface area contributed by atoms with Crippen molar-refractivity contribution in [2.75, 3.05) is 13.2 Å². The molecule has 0 aromatic carbocycles. The van der Waals surface area contributed by atoms with Gasteiger partial charge in [0.05, 0.1) is 32.1 Å². The largest absolute Gasteiger partial charge is 0.467 e. The van der Waals surface area contributed by atoms with Crippen LogP contribution in [0.2, 0.25) is 0 Å². The summed E-state index contributed by atoms with van der Waals surface area (Å²) in [5, 5.41) is 0. The van der Waals surface area contributed by atoms with Crippen LogP contribution in [0.1, 0.15) is 29.7 Å². The van der Waals surface area contributed by atoms with Gasteiger partial charge in [0.15, 0.2) is 5.76 Å². The first-order valence-electron chi connectivity index (χ1n) is 6.71. The number of hydrogen-bond acceptors (Lipinski definition) is 5. The molecule has 0 aliphatic rings. The molecule has 0 radical (unpaired) electrons. The van der Waals surface area contributed by atoms with Crippen molar-refractivity contribution in [2.45, 2.75) is 19.9 Å². The molecule has 6 nitrogen and oxygen atoms in total. The average molecular weight is 291 g/mol. The zero-order valence-electron chi connectivity index (χ0n) is 11.8. The lowest BCUT2D eigenvalue weighted by atomic mass is 10.3. The molecule has 0 atom stereocenters. The van der Waals surface area contributed by atoms with Crippen LogP contribution < -0.4 is 0 Å². The number of carbonyl (C=O) groups excluding carboxylic acids is 2. The topological polar surface area (TPSA) is 72.9 Å². The number of hydrogen-bond donors (Lipinski definition) is 0. The lowest BCUT2D eigenvalue weighted by Crippen LogP contribution is -2.32. The molecule has 0 aliphatic carbocycles. The van der Waals surface area contributed by atoms with Crippen molar-refractivity contribution in [3.8, 4) is 0 Å². The smallest absolute Gasteiger partial charge is 0.307 e. The second-order valence-corrected chi connectivity index (χ2v) is 4.34. The molecule has 0 N–H and O–H groups in total. The van der Waals surface area contributed by atoms with Gasteiger partial charge in [0.2, 0.25) is 0 Å². The summed E-state index contributed by atoms with van der Waals surface area (Å²) in [6, 6.07) is 6.74. The first-order valence-corrected chi connectivity index (χ1v) is 6.71. The van der Waals surface area contributed by atoms with Crippen molar-refractivity contribution in [3.63, 3.8) is 0 Å². The van der Waals surface area contributed by atoms with E-state index in [2.05, 4.69) is 0 Å². The Bertz CT molecular complexity index is 559. The minimum atomic E-state index is -0.339. The van der Waals surface area contributed by atoms with Gasteiger partial charge >= 0.3 is 5.97 Å². The Kier molecular flexibility index (Phi) is 5.20. The normalized spacial score (nSPS) is 10.3. The Morgan fingerprint density at radius 3 is 2.57 bits per heavy atom. The predicted molar refractivity (Wildman–Crippen MR) is 73.4 cm³/mol. The van der Waals surface area contributed by atoms with E-state index in [9.17, 15) is 9.59 Å². The highest BCUT2D eigenvalue weighted by atomic mass is 16.5. The Balaban J connectivity index is 2.03. The molecule has 6 heteroatoms. The van der Waals surface area contributed by atoms with Crippen LogP contribution in [0, 0.1) is 0 Å². The number of rotatable bonds is 7. The average Bonchev–Trinajstić information content (AvgIpc) is 3.16. The second-order valence-electron chi connectivity index (χ2n) is 4.34. The molecule has 2 aromatic heterocycles. The monoisotopic (exact) mass is 291 g/mol. The van der Waals surface area contributed by atoms with Gasteiger partial charge in [0.25, 0.3) is 5.91 Å². The maximum absolute atomic E-state index is 12.3. The molecular formula is C15H17NO5. The fourth-order valence-corrected chi connectivity index (χ4v) is 1.86. The van der Waals surface area contributed by atoms with Crippen molar-refractivity contribution < 1.29 is 23.2 Å². The van der Waals surface area contributed by atoms with Gasteiger partial charge in [-0.25, -0.2) is 0 Å². The molecule has 0 bridgehead atoms. The lowest BCUT2D eigenvalue weighted by molar-refractivity contribution is -0.143. The summed E-state index contributed by atoms with van der Waals surface area (Å²) in [5.74, 6) is 0.235. The van der Waals surface area contributed by atoms with E-state index in [-0.39, 0.29) is 37.1 Å². The van der Waals surface area contributed by atoms with Crippen LogP contribution in [0.3, 0.4) is 0 Å². The van der Waals surface area contributed by atoms with Gasteiger partial charge in [0.1, 0.15) is 5.76 Å². The minimum Gasteiger partial charge on any atom is -0.467 e. The molecule has 2 rings (SSSR count). The highest BCUT2D eigenvalue weighted by Crippen LogP contribution is 2.12. The second kappa shape index (κ2) is 7.33.